The molecule has 0 amide bonds. The second kappa shape index (κ2) is 7.07. The van der Waals surface area contributed by atoms with Crippen LogP contribution in [0.25, 0.3) is 0 Å². The molecule has 3 nitrogen and oxygen atoms in total. The van der Waals surface area contributed by atoms with Crippen LogP contribution in [0, 0.1) is 0 Å². The highest BCUT2D eigenvalue weighted by Crippen LogP contribution is 2.18. The minimum Gasteiger partial charge on any atom is -0.480 e. The van der Waals surface area contributed by atoms with Crippen molar-refractivity contribution >= 4 is 5.97 Å². The van der Waals surface area contributed by atoms with Crippen LogP contribution >= 0.6 is 0 Å². The second-order valence-corrected chi connectivity index (χ2v) is 4.25. The zero-order chi connectivity index (χ0) is 12.7. The number of aliphatic carboxylic acids is 1. The molecule has 94 valence electrons. The van der Waals surface area contributed by atoms with E-state index in [4.69, 9.17) is 9.84 Å². The molecule has 1 aromatic rings. The molecule has 0 radical (unpaired) electrons. The molecule has 0 saturated carbocycles. The van der Waals surface area contributed by atoms with Gasteiger partial charge in [0.1, 0.15) is 6.61 Å². The quantitative estimate of drug-likeness (QED) is 0.740. The predicted molar refractivity (Wildman–Crippen MR) is 67.3 cm³/mol. The van der Waals surface area contributed by atoms with Gasteiger partial charge >= 0.3 is 5.97 Å². The summed E-state index contributed by atoms with van der Waals surface area (Å²) in [6.45, 7) is 4.63. The summed E-state index contributed by atoms with van der Waals surface area (Å²) in [4.78, 5) is 10.2. The molecule has 1 aromatic carbocycles. The summed E-state index contributed by atoms with van der Waals surface area (Å²) in [7, 11) is 0. The molecule has 1 atom stereocenters. The van der Waals surface area contributed by atoms with Gasteiger partial charge in [0, 0.05) is 0 Å². The summed E-state index contributed by atoms with van der Waals surface area (Å²) in [5.41, 5.74) is 2.53. The Balaban J connectivity index is 2.38. The predicted octanol–water partition coefficient (Wildman–Crippen LogP) is 2.84. The number of ether oxygens (including phenoxy) is 1. The van der Waals surface area contributed by atoms with Crippen LogP contribution < -0.4 is 0 Å². The van der Waals surface area contributed by atoms with E-state index in [1.165, 1.54) is 11.1 Å². The van der Waals surface area contributed by atoms with Crippen LogP contribution in [-0.4, -0.2) is 24.3 Å². The molecule has 0 aliphatic rings. The van der Waals surface area contributed by atoms with Gasteiger partial charge in [-0.1, -0.05) is 38.1 Å². The molecule has 0 bridgehead atoms. The topological polar surface area (TPSA) is 46.5 Å². The standard InChI is InChI=1S/C14H20O3/c1-3-11(2)13-6-4-12(5-7-13)8-9-17-10-14(15)16/h4-7,11H,3,8-10H2,1-2H3,(H,15,16). The van der Waals surface area contributed by atoms with Crippen LogP contribution in [0.2, 0.25) is 0 Å². The number of carboxylic acids is 1. The van der Waals surface area contributed by atoms with Crippen LogP contribution in [0.15, 0.2) is 24.3 Å². The first-order chi connectivity index (χ1) is 8.13. The first kappa shape index (κ1) is 13.7. The van der Waals surface area contributed by atoms with Crippen molar-refractivity contribution in [2.75, 3.05) is 13.2 Å². The lowest BCUT2D eigenvalue weighted by molar-refractivity contribution is -0.142. The molecule has 0 heterocycles. The first-order valence-corrected chi connectivity index (χ1v) is 6.01. The molecular formula is C14H20O3. The molecule has 0 aliphatic carbocycles. The fourth-order valence-corrected chi connectivity index (χ4v) is 1.60. The lowest BCUT2D eigenvalue weighted by atomic mass is 9.97. The zero-order valence-corrected chi connectivity index (χ0v) is 10.5. The van der Waals surface area contributed by atoms with E-state index < -0.39 is 5.97 Å². The molecule has 17 heavy (non-hydrogen) atoms. The van der Waals surface area contributed by atoms with Gasteiger partial charge in [-0.2, -0.15) is 0 Å². The number of benzene rings is 1. The number of hydrogen-bond acceptors (Lipinski definition) is 2. The van der Waals surface area contributed by atoms with Crippen molar-refractivity contribution in [2.45, 2.75) is 32.6 Å². The van der Waals surface area contributed by atoms with Gasteiger partial charge < -0.3 is 9.84 Å². The summed E-state index contributed by atoms with van der Waals surface area (Å²) in [5.74, 6) is -0.329. The third kappa shape index (κ3) is 5.00. The first-order valence-electron chi connectivity index (χ1n) is 6.01. The fourth-order valence-electron chi connectivity index (χ4n) is 1.60. The van der Waals surface area contributed by atoms with Crippen molar-refractivity contribution in [1.82, 2.24) is 0 Å². The average molecular weight is 236 g/mol. The summed E-state index contributed by atoms with van der Waals surface area (Å²) in [6, 6.07) is 8.46. The molecule has 1 unspecified atom stereocenters. The van der Waals surface area contributed by atoms with E-state index >= 15 is 0 Å². The molecule has 0 saturated heterocycles. The van der Waals surface area contributed by atoms with Gasteiger partial charge in [0.2, 0.25) is 0 Å². The van der Waals surface area contributed by atoms with Gasteiger partial charge in [-0.25, -0.2) is 4.79 Å². The Labute approximate surface area is 102 Å². The number of carboxylic acid groups (broad SMARTS) is 1. The lowest BCUT2D eigenvalue weighted by Crippen LogP contribution is -2.09. The van der Waals surface area contributed by atoms with E-state index in [1.54, 1.807) is 0 Å². The Morgan fingerprint density at radius 3 is 2.53 bits per heavy atom. The Morgan fingerprint density at radius 1 is 1.35 bits per heavy atom. The van der Waals surface area contributed by atoms with Gasteiger partial charge in [0.05, 0.1) is 6.61 Å². The average Bonchev–Trinajstić information content (AvgIpc) is 2.34. The molecule has 0 fully saturated rings. The van der Waals surface area contributed by atoms with Gasteiger partial charge in [-0.3, -0.25) is 0 Å². The number of carbonyl (C=O) groups is 1. The van der Waals surface area contributed by atoms with Gasteiger partial charge in [-0.05, 0) is 29.9 Å². The van der Waals surface area contributed by atoms with Crippen molar-refractivity contribution in [3.8, 4) is 0 Å². The van der Waals surface area contributed by atoms with Crippen LogP contribution in [0.3, 0.4) is 0 Å². The monoisotopic (exact) mass is 236 g/mol. The molecule has 3 heteroatoms. The summed E-state index contributed by atoms with van der Waals surface area (Å²) in [5, 5.41) is 8.41. The van der Waals surface area contributed by atoms with Crippen LogP contribution in [-0.2, 0) is 16.0 Å². The fraction of sp³-hybridized carbons (Fsp3) is 0.500. The van der Waals surface area contributed by atoms with E-state index in [2.05, 4.69) is 38.1 Å². The Hall–Kier alpha value is -1.35. The van der Waals surface area contributed by atoms with Crippen molar-refractivity contribution in [3.63, 3.8) is 0 Å². The van der Waals surface area contributed by atoms with Gasteiger partial charge in [-0.15, -0.1) is 0 Å². The second-order valence-electron chi connectivity index (χ2n) is 4.25. The minimum atomic E-state index is -0.919. The molecule has 0 spiro atoms. The minimum absolute atomic E-state index is 0.217. The zero-order valence-electron chi connectivity index (χ0n) is 10.5. The SMILES string of the molecule is CCC(C)c1ccc(CCOCC(=O)O)cc1. The molecular weight excluding hydrogens is 216 g/mol. The third-order valence-electron chi connectivity index (χ3n) is 2.92. The molecule has 1 rings (SSSR count). The van der Waals surface area contributed by atoms with Crippen molar-refractivity contribution in [1.29, 1.82) is 0 Å². The normalized spacial score (nSPS) is 12.4. The highest BCUT2D eigenvalue weighted by molar-refractivity contribution is 5.67. The summed E-state index contributed by atoms with van der Waals surface area (Å²) < 4.78 is 5.00. The maximum atomic E-state index is 10.2. The van der Waals surface area contributed by atoms with E-state index in [9.17, 15) is 4.79 Å². The van der Waals surface area contributed by atoms with E-state index in [-0.39, 0.29) is 6.61 Å². The van der Waals surface area contributed by atoms with Crippen molar-refractivity contribution in [2.24, 2.45) is 0 Å². The highest BCUT2D eigenvalue weighted by Gasteiger charge is 2.02. The van der Waals surface area contributed by atoms with Gasteiger partial charge in [0.15, 0.2) is 0 Å². The number of hydrogen-bond donors (Lipinski definition) is 1. The number of rotatable bonds is 7. The van der Waals surface area contributed by atoms with Gasteiger partial charge in [0.25, 0.3) is 0 Å². The Bertz CT molecular complexity index is 343. The van der Waals surface area contributed by atoms with Crippen molar-refractivity contribution in [3.05, 3.63) is 35.4 Å². The smallest absolute Gasteiger partial charge is 0.329 e. The Kier molecular flexibility index (Phi) is 5.70. The summed E-state index contributed by atoms with van der Waals surface area (Å²) in [6.07, 6.45) is 1.90. The Morgan fingerprint density at radius 2 is 2.00 bits per heavy atom. The largest absolute Gasteiger partial charge is 0.480 e. The van der Waals surface area contributed by atoms with E-state index in [1.807, 2.05) is 0 Å². The molecule has 0 aromatic heterocycles. The maximum Gasteiger partial charge on any atom is 0.329 e. The van der Waals surface area contributed by atoms with E-state index in [0.717, 1.165) is 12.8 Å². The van der Waals surface area contributed by atoms with Crippen LogP contribution in [0.1, 0.15) is 37.3 Å². The van der Waals surface area contributed by atoms with E-state index in [0.29, 0.717) is 12.5 Å². The molecule has 0 aliphatic heterocycles. The van der Waals surface area contributed by atoms with Crippen LogP contribution in [0.4, 0.5) is 0 Å². The van der Waals surface area contributed by atoms with Crippen molar-refractivity contribution < 1.29 is 14.6 Å². The molecule has 1 N–H and O–H groups in total. The lowest BCUT2D eigenvalue weighted by Gasteiger charge is -2.09. The summed E-state index contributed by atoms with van der Waals surface area (Å²) >= 11 is 0. The highest BCUT2D eigenvalue weighted by atomic mass is 16.5. The van der Waals surface area contributed by atoms with Crippen LogP contribution in [0.5, 0.6) is 0 Å². The maximum absolute atomic E-state index is 10.2. The third-order valence-corrected chi connectivity index (χ3v) is 2.92.